The van der Waals surface area contributed by atoms with Crippen molar-refractivity contribution in [1.29, 1.82) is 0 Å². The van der Waals surface area contributed by atoms with Crippen molar-refractivity contribution in [2.75, 3.05) is 12.3 Å². The van der Waals surface area contributed by atoms with E-state index in [-0.39, 0.29) is 15.8 Å². The molecule has 0 N–H and O–H groups in total. The maximum absolute atomic E-state index is 2.56. The molecule has 2 atom stereocenters. The molecule has 0 radical (unpaired) electrons. The molecule has 39 heavy (non-hydrogen) atoms. The fourth-order valence-electron chi connectivity index (χ4n) is 13.8. The third-order valence-corrected chi connectivity index (χ3v) is 22.1. The predicted molar refractivity (Wildman–Crippen MR) is 175 cm³/mol. The highest BCUT2D eigenvalue weighted by Crippen LogP contribution is 2.79. The zero-order chi connectivity index (χ0) is 27.2. The molecule has 2 heteroatoms. The van der Waals surface area contributed by atoms with Gasteiger partial charge >= 0.3 is 0 Å². The summed E-state index contributed by atoms with van der Waals surface area (Å²) in [6.45, 7) is 15.3. The fraction of sp³-hybridized carbons (Fsp3) is 1.00. The average molecular weight is 571 g/mol. The Morgan fingerprint density at radius 1 is 0.538 bits per heavy atom. The topological polar surface area (TPSA) is 0 Å². The van der Waals surface area contributed by atoms with Crippen LogP contribution in [0.5, 0.6) is 0 Å². The molecule has 0 aromatic rings. The van der Waals surface area contributed by atoms with Crippen molar-refractivity contribution in [2.24, 2.45) is 47.3 Å². The van der Waals surface area contributed by atoms with Gasteiger partial charge in [0, 0.05) is 0 Å². The normalized spacial score (nSPS) is 47.8. The largest absolute Gasteiger partial charge is 0.0956 e. The fourth-order valence-corrected chi connectivity index (χ4v) is 23.3. The molecule has 0 aliphatic heterocycles. The molecule has 9 aliphatic rings. The molecule has 9 fully saturated rings. The Hall–Kier alpha value is 0.860. The Labute approximate surface area is 246 Å². The summed E-state index contributed by atoms with van der Waals surface area (Å²) < 4.78 is 0. The zero-order valence-electron chi connectivity index (χ0n) is 26.9. The Morgan fingerprint density at radius 3 is 1.26 bits per heavy atom. The van der Waals surface area contributed by atoms with E-state index in [4.69, 9.17) is 0 Å². The van der Waals surface area contributed by atoms with Crippen LogP contribution in [0.1, 0.15) is 151 Å². The first-order valence-electron chi connectivity index (χ1n) is 18.0. The molecule has 9 saturated carbocycles. The van der Waals surface area contributed by atoms with E-state index in [0.29, 0.717) is 10.3 Å². The summed E-state index contributed by atoms with van der Waals surface area (Å²) in [4.78, 5) is 0. The minimum Gasteiger partial charge on any atom is -0.0956 e. The third-order valence-electron chi connectivity index (χ3n) is 14.0. The van der Waals surface area contributed by atoms with Gasteiger partial charge in [-0.3, -0.25) is 0 Å². The minimum absolute atomic E-state index is 0.0535. The van der Waals surface area contributed by atoms with Crippen molar-refractivity contribution in [3.8, 4) is 0 Å². The van der Waals surface area contributed by atoms with Crippen LogP contribution in [-0.2, 0) is 0 Å². The first-order chi connectivity index (χ1) is 18.4. The molecule has 8 bridgehead atoms. The Morgan fingerprint density at radius 2 is 0.897 bits per heavy atom. The third kappa shape index (κ3) is 5.40. The molecule has 0 nitrogen and oxygen atoms in total. The summed E-state index contributed by atoms with van der Waals surface area (Å²) in [6, 6.07) is 0. The molecular weight excluding hydrogens is 506 g/mol. The summed E-state index contributed by atoms with van der Waals surface area (Å²) in [6.07, 6.45) is 31.1. The van der Waals surface area contributed by atoms with Crippen LogP contribution in [0.15, 0.2) is 0 Å². The Kier molecular flexibility index (Phi) is 7.49. The zero-order valence-corrected chi connectivity index (χ0v) is 28.7. The van der Waals surface area contributed by atoms with Gasteiger partial charge in [-0.2, -0.15) is 0 Å². The summed E-state index contributed by atoms with van der Waals surface area (Å²) >= 11 is 0. The van der Waals surface area contributed by atoms with Crippen LogP contribution in [0.4, 0.5) is 0 Å². The van der Waals surface area contributed by atoms with Crippen LogP contribution in [0.3, 0.4) is 0 Å². The molecule has 0 aromatic heterocycles. The maximum atomic E-state index is 2.56. The molecule has 9 aliphatic carbocycles. The van der Waals surface area contributed by atoms with Gasteiger partial charge in [0.05, 0.1) is 0 Å². The first kappa shape index (κ1) is 28.6. The number of hydrogen-bond donors (Lipinski definition) is 0. The molecule has 0 spiro atoms. The van der Waals surface area contributed by atoms with Crippen LogP contribution >= 0.6 is 15.8 Å². The molecule has 2 unspecified atom stereocenters. The Balaban J connectivity index is 1.17. The lowest BCUT2D eigenvalue weighted by Gasteiger charge is -2.68. The van der Waals surface area contributed by atoms with Gasteiger partial charge in [-0.05, 0) is 170 Å². The highest BCUT2D eigenvalue weighted by atomic mass is 31.1. The van der Waals surface area contributed by atoms with E-state index in [1.165, 1.54) is 12.6 Å². The van der Waals surface area contributed by atoms with Gasteiger partial charge in [0.1, 0.15) is 0 Å². The minimum atomic E-state index is 0.0535. The second kappa shape index (κ2) is 10.2. The van der Waals surface area contributed by atoms with Gasteiger partial charge in [0.15, 0.2) is 0 Å². The Bertz CT molecular complexity index is 760. The van der Waals surface area contributed by atoms with E-state index in [1.807, 2.05) is 0 Å². The van der Waals surface area contributed by atoms with E-state index in [2.05, 4.69) is 41.5 Å². The molecule has 0 aromatic carbocycles. The van der Waals surface area contributed by atoms with Crippen molar-refractivity contribution >= 4 is 15.8 Å². The van der Waals surface area contributed by atoms with Gasteiger partial charge in [-0.25, -0.2) is 0 Å². The lowest BCUT2D eigenvalue weighted by molar-refractivity contribution is 0.0179. The van der Waals surface area contributed by atoms with Crippen LogP contribution in [-0.4, -0.2) is 32.9 Å². The lowest BCUT2D eigenvalue weighted by atomic mass is 9.55. The van der Waals surface area contributed by atoms with Crippen molar-refractivity contribution in [2.45, 2.75) is 171 Å². The van der Waals surface area contributed by atoms with Crippen molar-refractivity contribution in [3.63, 3.8) is 0 Å². The van der Waals surface area contributed by atoms with Gasteiger partial charge in [0.2, 0.25) is 0 Å². The highest BCUT2D eigenvalue weighted by Gasteiger charge is 2.62. The van der Waals surface area contributed by atoms with Crippen molar-refractivity contribution in [3.05, 3.63) is 0 Å². The van der Waals surface area contributed by atoms with Crippen LogP contribution in [0.25, 0.3) is 0 Å². The summed E-state index contributed by atoms with van der Waals surface area (Å²) in [5.74, 6) is 8.97. The van der Waals surface area contributed by atoms with E-state index in [0.717, 1.165) is 57.7 Å². The SMILES string of the molecule is CC(C)(C)P(CCC1CCCCC1CP(C12CC3CC(CC(C3)C1)C2)C12CC3CC(CC(C3)C1)C2)C(C)(C)C. The second-order valence-corrected chi connectivity index (χ2v) is 26.1. The van der Waals surface area contributed by atoms with Crippen LogP contribution in [0.2, 0.25) is 0 Å². The smallest absolute Gasteiger partial charge is 0.00814 e. The van der Waals surface area contributed by atoms with Crippen LogP contribution in [0, 0.1) is 47.3 Å². The molecule has 0 saturated heterocycles. The van der Waals surface area contributed by atoms with Gasteiger partial charge in [0.25, 0.3) is 0 Å². The standard InChI is InChI=1S/C37H64P2/c1-34(2,3)38(35(4,5)6)12-11-32-9-7-8-10-33(32)25-39(36-19-26-13-27(20-36)15-28(14-26)21-36)37-22-29-16-30(23-37)18-31(17-29)24-37/h26-33H,7-25H2,1-6H3. The van der Waals surface area contributed by atoms with Crippen molar-refractivity contribution in [1.82, 2.24) is 0 Å². The maximum Gasteiger partial charge on any atom is -0.00814 e. The van der Waals surface area contributed by atoms with E-state index < -0.39 is 0 Å². The number of hydrogen-bond acceptors (Lipinski definition) is 0. The monoisotopic (exact) mass is 570 g/mol. The second-order valence-electron chi connectivity index (χ2n) is 19.0. The predicted octanol–water partition coefficient (Wildman–Crippen LogP) is 11.7. The first-order valence-corrected chi connectivity index (χ1v) is 21.0. The molecular formula is C37H64P2. The van der Waals surface area contributed by atoms with Crippen LogP contribution < -0.4 is 0 Å². The average Bonchev–Trinajstić information content (AvgIpc) is 2.80. The van der Waals surface area contributed by atoms with E-state index in [1.54, 1.807) is 109 Å². The van der Waals surface area contributed by atoms with E-state index >= 15 is 0 Å². The summed E-state index contributed by atoms with van der Waals surface area (Å²) in [5.41, 5.74) is 0. The van der Waals surface area contributed by atoms with Gasteiger partial charge in [-0.1, -0.05) is 76.6 Å². The van der Waals surface area contributed by atoms with Gasteiger partial charge < -0.3 is 0 Å². The van der Waals surface area contributed by atoms with Gasteiger partial charge in [-0.15, -0.1) is 0 Å². The molecule has 222 valence electrons. The highest BCUT2D eigenvalue weighted by molar-refractivity contribution is 7.61. The molecule has 0 heterocycles. The molecule has 0 amide bonds. The summed E-state index contributed by atoms with van der Waals surface area (Å²) in [5, 5.41) is 2.65. The van der Waals surface area contributed by atoms with E-state index in [9.17, 15) is 0 Å². The number of rotatable bonds is 7. The van der Waals surface area contributed by atoms with Crippen molar-refractivity contribution < 1.29 is 0 Å². The molecule has 9 rings (SSSR count). The summed E-state index contributed by atoms with van der Waals surface area (Å²) in [7, 11) is 0.229. The quantitative estimate of drug-likeness (QED) is 0.267. The lowest BCUT2D eigenvalue weighted by Crippen LogP contribution is -2.57.